The summed E-state index contributed by atoms with van der Waals surface area (Å²) in [6, 6.07) is 9.15. The summed E-state index contributed by atoms with van der Waals surface area (Å²) in [5.74, 6) is 0.715. The molecule has 0 saturated carbocycles. The first kappa shape index (κ1) is 20.2. The van der Waals surface area contributed by atoms with Crippen molar-refractivity contribution in [2.75, 3.05) is 31.1 Å². The minimum Gasteiger partial charge on any atom is -0.337 e. The Kier molecular flexibility index (Phi) is 5.08. The molecule has 1 saturated heterocycles. The Morgan fingerprint density at radius 1 is 1.03 bits per heavy atom. The maximum Gasteiger partial charge on any atom is 0.291 e. The molecule has 1 aliphatic heterocycles. The number of rotatable bonds is 4. The molecular formula is C23H25N7O2. The molecular weight excluding hydrogens is 406 g/mol. The van der Waals surface area contributed by atoms with E-state index in [2.05, 4.69) is 20.0 Å². The highest BCUT2D eigenvalue weighted by Gasteiger charge is 2.31. The number of benzene rings is 1. The third kappa shape index (κ3) is 3.21. The monoisotopic (exact) mass is 431 g/mol. The van der Waals surface area contributed by atoms with Gasteiger partial charge >= 0.3 is 0 Å². The lowest BCUT2D eigenvalue weighted by molar-refractivity contribution is -0.135. The molecule has 1 aromatic carbocycles. The van der Waals surface area contributed by atoms with Gasteiger partial charge in [-0.15, -0.1) is 0 Å². The van der Waals surface area contributed by atoms with Crippen LogP contribution in [0.3, 0.4) is 0 Å². The van der Waals surface area contributed by atoms with Gasteiger partial charge in [-0.1, -0.05) is 25.1 Å². The summed E-state index contributed by atoms with van der Waals surface area (Å²) in [4.78, 5) is 39.4. The van der Waals surface area contributed by atoms with Crippen LogP contribution in [0.4, 0.5) is 5.95 Å². The molecule has 9 nitrogen and oxygen atoms in total. The van der Waals surface area contributed by atoms with Crippen LogP contribution in [0.15, 0.2) is 53.7 Å². The number of piperazine rings is 1. The van der Waals surface area contributed by atoms with Crippen LogP contribution in [0.1, 0.15) is 19.4 Å². The molecule has 1 fully saturated rings. The molecule has 0 aliphatic carbocycles. The maximum atomic E-state index is 13.7. The number of para-hydroxylation sites is 1. The van der Waals surface area contributed by atoms with E-state index in [1.165, 1.54) is 4.68 Å². The Morgan fingerprint density at radius 2 is 1.75 bits per heavy atom. The Balaban J connectivity index is 1.51. The van der Waals surface area contributed by atoms with Crippen molar-refractivity contribution in [3.8, 4) is 0 Å². The second-order valence-electron chi connectivity index (χ2n) is 8.01. The number of hydrogen-bond acceptors (Lipinski definition) is 6. The molecule has 164 valence electrons. The lowest BCUT2D eigenvalue weighted by Gasteiger charge is -2.36. The summed E-state index contributed by atoms with van der Waals surface area (Å²) < 4.78 is 3.25. The molecule has 5 rings (SSSR count). The van der Waals surface area contributed by atoms with Crippen molar-refractivity contribution >= 4 is 33.7 Å². The van der Waals surface area contributed by atoms with E-state index in [4.69, 9.17) is 0 Å². The number of amides is 1. The molecule has 0 spiro atoms. The number of aromatic nitrogens is 5. The van der Waals surface area contributed by atoms with Gasteiger partial charge in [0.2, 0.25) is 11.9 Å². The summed E-state index contributed by atoms with van der Waals surface area (Å²) in [5.41, 5.74) is 1.21. The van der Waals surface area contributed by atoms with Gasteiger partial charge in [0.25, 0.3) is 5.56 Å². The van der Waals surface area contributed by atoms with Gasteiger partial charge in [0.05, 0.1) is 11.7 Å². The third-order valence-electron chi connectivity index (χ3n) is 6.22. The van der Waals surface area contributed by atoms with E-state index in [1.54, 1.807) is 31.7 Å². The molecule has 0 N–H and O–H groups in total. The van der Waals surface area contributed by atoms with Gasteiger partial charge in [-0.3, -0.25) is 9.59 Å². The van der Waals surface area contributed by atoms with Crippen molar-refractivity contribution in [2.24, 2.45) is 7.05 Å². The Morgan fingerprint density at radius 3 is 2.47 bits per heavy atom. The van der Waals surface area contributed by atoms with Gasteiger partial charge in [0, 0.05) is 56.4 Å². The molecule has 0 unspecified atom stereocenters. The second-order valence-corrected chi connectivity index (χ2v) is 8.01. The van der Waals surface area contributed by atoms with Crippen molar-refractivity contribution < 1.29 is 4.79 Å². The van der Waals surface area contributed by atoms with Gasteiger partial charge in [-0.2, -0.15) is 5.10 Å². The van der Waals surface area contributed by atoms with Crippen molar-refractivity contribution in [2.45, 2.75) is 19.4 Å². The zero-order valence-electron chi connectivity index (χ0n) is 18.2. The normalized spacial score (nSPS) is 15.4. The first-order valence-electron chi connectivity index (χ1n) is 10.9. The Bertz CT molecular complexity index is 1340. The summed E-state index contributed by atoms with van der Waals surface area (Å²) in [6.07, 6.45) is 5.75. The molecule has 0 radical (unpaired) electrons. The average molecular weight is 432 g/mol. The lowest BCUT2D eigenvalue weighted by Crippen LogP contribution is -2.51. The number of nitrogens with zero attached hydrogens (tertiary/aromatic N) is 7. The van der Waals surface area contributed by atoms with Crippen molar-refractivity contribution in [3.05, 3.63) is 59.3 Å². The summed E-state index contributed by atoms with van der Waals surface area (Å²) in [7, 11) is 1.64. The van der Waals surface area contributed by atoms with Gasteiger partial charge in [-0.05, 0) is 18.6 Å². The number of carbonyl (C=O) groups excluding carboxylic acids is 1. The van der Waals surface area contributed by atoms with Gasteiger partial charge in [-0.25, -0.2) is 14.6 Å². The molecule has 1 atom stereocenters. The Labute approximate surface area is 184 Å². The minimum atomic E-state index is -0.466. The number of anilines is 1. The molecule has 1 amide bonds. The fraction of sp³-hybridized carbons (Fsp3) is 0.348. The van der Waals surface area contributed by atoms with E-state index >= 15 is 0 Å². The van der Waals surface area contributed by atoms with Crippen molar-refractivity contribution in [3.63, 3.8) is 0 Å². The standard InChI is InChI=1S/C23H25N7O2/c1-3-18(21(31)28-11-13-29(14-12-28)23-24-9-6-10-25-23)30-19-8-5-4-7-16(19)17-15-26-27(2)22(32)20(17)30/h4-10,15,18H,3,11-14H2,1-2H3/t18-/m1/s1. The zero-order chi connectivity index (χ0) is 22.2. The first-order valence-corrected chi connectivity index (χ1v) is 10.9. The molecule has 3 aromatic heterocycles. The topological polar surface area (TPSA) is 89.2 Å². The van der Waals surface area contributed by atoms with Gasteiger partial charge < -0.3 is 14.4 Å². The Hall–Kier alpha value is -3.75. The lowest BCUT2D eigenvalue weighted by atomic mass is 10.1. The SMILES string of the molecule is CC[C@H](C(=O)N1CCN(c2ncccn2)CC1)n1c2ccccc2c2cnn(C)c(=O)c21. The molecule has 1 aliphatic rings. The summed E-state index contributed by atoms with van der Waals surface area (Å²) in [5, 5.41) is 5.92. The molecule has 0 bridgehead atoms. The van der Waals surface area contributed by atoms with Crippen molar-refractivity contribution in [1.29, 1.82) is 0 Å². The predicted octanol–water partition coefficient (Wildman–Crippen LogP) is 1.98. The highest BCUT2D eigenvalue weighted by atomic mass is 16.2. The summed E-state index contributed by atoms with van der Waals surface area (Å²) >= 11 is 0. The zero-order valence-corrected chi connectivity index (χ0v) is 18.2. The van der Waals surface area contributed by atoms with E-state index in [-0.39, 0.29) is 11.5 Å². The fourth-order valence-electron chi connectivity index (χ4n) is 4.57. The van der Waals surface area contributed by atoms with E-state index in [1.807, 2.05) is 40.7 Å². The molecule has 4 heterocycles. The molecule has 4 aromatic rings. The van der Waals surface area contributed by atoms with E-state index in [9.17, 15) is 9.59 Å². The highest BCUT2D eigenvalue weighted by molar-refractivity contribution is 6.08. The smallest absolute Gasteiger partial charge is 0.291 e. The summed E-state index contributed by atoms with van der Waals surface area (Å²) in [6.45, 7) is 4.51. The fourth-order valence-corrected chi connectivity index (χ4v) is 4.57. The largest absolute Gasteiger partial charge is 0.337 e. The van der Waals surface area contributed by atoms with Crippen LogP contribution in [0.5, 0.6) is 0 Å². The first-order chi connectivity index (χ1) is 15.6. The number of hydrogen-bond donors (Lipinski definition) is 0. The minimum absolute atomic E-state index is 0.0302. The number of carbonyl (C=O) groups is 1. The van der Waals surface area contributed by atoms with Crippen LogP contribution in [0.25, 0.3) is 21.8 Å². The molecule has 9 heteroatoms. The second kappa shape index (κ2) is 8.07. The predicted molar refractivity (Wildman–Crippen MR) is 123 cm³/mol. The number of fused-ring (bicyclic) bond motifs is 3. The third-order valence-corrected chi connectivity index (χ3v) is 6.22. The van der Waals surface area contributed by atoms with Gasteiger partial charge in [0.1, 0.15) is 11.6 Å². The van der Waals surface area contributed by atoms with E-state index in [0.29, 0.717) is 44.1 Å². The van der Waals surface area contributed by atoms with Gasteiger partial charge in [0.15, 0.2) is 0 Å². The average Bonchev–Trinajstić information content (AvgIpc) is 3.17. The van der Waals surface area contributed by atoms with Crippen molar-refractivity contribution in [1.82, 2.24) is 29.2 Å². The van der Waals surface area contributed by atoms with Crippen LogP contribution in [0, 0.1) is 0 Å². The van der Waals surface area contributed by atoms with E-state index < -0.39 is 6.04 Å². The van der Waals surface area contributed by atoms with Crippen LogP contribution in [0.2, 0.25) is 0 Å². The number of aryl methyl sites for hydroxylation is 1. The quantitative estimate of drug-likeness (QED) is 0.491. The highest BCUT2D eigenvalue weighted by Crippen LogP contribution is 2.31. The van der Waals surface area contributed by atoms with E-state index in [0.717, 1.165) is 16.3 Å². The van der Waals surface area contributed by atoms with Crippen LogP contribution in [-0.4, -0.2) is 61.3 Å². The van der Waals surface area contributed by atoms with Crippen LogP contribution in [-0.2, 0) is 11.8 Å². The maximum absolute atomic E-state index is 13.7. The van der Waals surface area contributed by atoms with Crippen LogP contribution >= 0.6 is 0 Å². The molecule has 32 heavy (non-hydrogen) atoms. The van der Waals surface area contributed by atoms with Crippen LogP contribution < -0.4 is 10.5 Å².